The average Bonchev–Trinajstić information content (AvgIpc) is 2.68. The molecule has 0 saturated carbocycles. The van der Waals surface area contributed by atoms with Gasteiger partial charge in [-0.2, -0.15) is 0 Å². The topological polar surface area (TPSA) is 54.3 Å². The van der Waals surface area contributed by atoms with Crippen LogP contribution >= 0.6 is 46.6 Å². The Morgan fingerprint density at radius 3 is 2.75 bits per heavy atom. The molecule has 4 rings (SSSR count). The van der Waals surface area contributed by atoms with Gasteiger partial charge in [0.05, 0.1) is 5.75 Å². The molecule has 2 bridgehead atoms. The second kappa shape index (κ2) is 8.54. The van der Waals surface area contributed by atoms with Gasteiger partial charge in [0.1, 0.15) is 4.32 Å². The number of nitrogens with one attached hydrogen (secondary N) is 1. The molecule has 1 fully saturated rings. The highest BCUT2D eigenvalue weighted by atomic mass is 127. The third-order valence-corrected chi connectivity index (χ3v) is 7.44. The molecule has 5 nitrogen and oxygen atoms in total. The summed E-state index contributed by atoms with van der Waals surface area (Å²) in [5.74, 6) is 0.987. The van der Waals surface area contributed by atoms with Gasteiger partial charge in [-0.05, 0) is 65.3 Å². The molecule has 146 valence electrons. The van der Waals surface area contributed by atoms with E-state index in [-0.39, 0.29) is 11.5 Å². The Bertz CT molecular complexity index is 961. The largest absolute Gasteiger partial charge is 0.356 e. The van der Waals surface area contributed by atoms with Crippen LogP contribution in [0, 0.1) is 9.49 Å². The van der Waals surface area contributed by atoms with Crippen LogP contribution in [0.2, 0.25) is 0 Å². The number of rotatable bonds is 3. The van der Waals surface area contributed by atoms with Crippen LogP contribution in [-0.4, -0.2) is 38.5 Å². The Hall–Kier alpha value is -1.39. The number of anilines is 1. The van der Waals surface area contributed by atoms with Crippen LogP contribution in [0.15, 0.2) is 47.3 Å². The molecule has 2 aliphatic rings. The number of carbonyl (C=O) groups excluding carboxylic acids is 1. The third-order valence-electron chi connectivity index (χ3n) is 5.19. The van der Waals surface area contributed by atoms with Crippen molar-refractivity contribution in [1.29, 1.82) is 0 Å². The fourth-order valence-corrected chi connectivity index (χ4v) is 5.34. The molecule has 0 spiro atoms. The monoisotopic (exact) mass is 525 g/mol. The first-order valence-corrected chi connectivity index (χ1v) is 11.6. The maximum atomic E-state index is 12.2. The maximum absolute atomic E-state index is 12.2. The van der Waals surface area contributed by atoms with Crippen molar-refractivity contribution in [1.82, 2.24) is 9.47 Å². The molecule has 2 aromatic rings. The fraction of sp³-hybridized carbons (Fsp3) is 0.350. The molecule has 0 radical (unpaired) electrons. The van der Waals surface area contributed by atoms with Crippen LogP contribution in [0.5, 0.6) is 0 Å². The van der Waals surface area contributed by atoms with Gasteiger partial charge in [0, 0.05) is 46.6 Å². The van der Waals surface area contributed by atoms with E-state index in [0.717, 1.165) is 45.3 Å². The minimum atomic E-state index is -0.0531. The molecular formula is C20H20IN3O2S2. The van der Waals surface area contributed by atoms with Crippen molar-refractivity contribution in [3.8, 4) is 0 Å². The fourth-order valence-electron chi connectivity index (χ4n) is 3.99. The minimum absolute atomic E-state index is 0.0531. The second-order valence-corrected chi connectivity index (χ2v) is 10.1. The lowest BCUT2D eigenvalue weighted by molar-refractivity contribution is -0.113. The Kier molecular flexibility index (Phi) is 6.07. The lowest BCUT2D eigenvalue weighted by atomic mass is 9.83. The average molecular weight is 525 g/mol. The van der Waals surface area contributed by atoms with Gasteiger partial charge in [0.15, 0.2) is 0 Å². The summed E-state index contributed by atoms with van der Waals surface area (Å²) in [4.78, 5) is 26.6. The van der Waals surface area contributed by atoms with Crippen LogP contribution in [0.1, 0.15) is 18.0 Å². The summed E-state index contributed by atoms with van der Waals surface area (Å²) in [6.07, 6.45) is 1.10. The number of piperidine rings is 1. The van der Waals surface area contributed by atoms with Gasteiger partial charge >= 0.3 is 0 Å². The smallest absolute Gasteiger partial charge is 0.250 e. The quantitative estimate of drug-likeness (QED) is 0.491. The number of carbonyl (C=O) groups is 1. The van der Waals surface area contributed by atoms with E-state index < -0.39 is 0 Å². The van der Waals surface area contributed by atoms with E-state index in [1.165, 1.54) is 11.8 Å². The predicted molar refractivity (Wildman–Crippen MR) is 126 cm³/mol. The summed E-state index contributed by atoms with van der Waals surface area (Å²) in [7, 11) is 0. The van der Waals surface area contributed by atoms with E-state index in [4.69, 9.17) is 12.2 Å². The predicted octanol–water partition coefficient (Wildman–Crippen LogP) is 3.53. The lowest BCUT2D eigenvalue weighted by Gasteiger charge is -2.43. The molecule has 1 amide bonds. The van der Waals surface area contributed by atoms with Gasteiger partial charge in [-0.1, -0.05) is 30.0 Å². The van der Waals surface area contributed by atoms with E-state index in [9.17, 15) is 9.59 Å². The molecule has 1 saturated heterocycles. The van der Waals surface area contributed by atoms with Crippen molar-refractivity contribution in [3.63, 3.8) is 0 Å². The highest BCUT2D eigenvalue weighted by molar-refractivity contribution is 14.1. The van der Waals surface area contributed by atoms with E-state index in [1.807, 2.05) is 34.9 Å². The van der Waals surface area contributed by atoms with Gasteiger partial charge in [-0.15, -0.1) is 0 Å². The summed E-state index contributed by atoms with van der Waals surface area (Å²) in [5.41, 5.74) is 1.99. The SMILES string of the molecule is O=C(CSC(=S)N1C[C@@H]2C[C@H](C1)c1cccc(=O)n1C2)Nc1ccc(I)cc1. The number of pyridine rings is 1. The number of fused-ring (bicyclic) bond motifs is 4. The summed E-state index contributed by atoms with van der Waals surface area (Å²) in [6.45, 7) is 2.41. The molecule has 3 heterocycles. The Labute approximate surface area is 187 Å². The molecule has 1 aromatic heterocycles. The number of thiocarbonyl (C=S) groups is 1. The highest BCUT2D eigenvalue weighted by Crippen LogP contribution is 2.36. The van der Waals surface area contributed by atoms with Gasteiger partial charge in [-0.3, -0.25) is 9.59 Å². The van der Waals surface area contributed by atoms with Crippen molar-refractivity contribution >= 4 is 62.5 Å². The second-order valence-electron chi connectivity index (χ2n) is 7.21. The van der Waals surface area contributed by atoms with Crippen molar-refractivity contribution in [2.24, 2.45) is 5.92 Å². The first-order chi connectivity index (χ1) is 13.5. The lowest BCUT2D eigenvalue weighted by Crippen LogP contribution is -2.48. The number of amides is 1. The summed E-state index contributed by atoms with van der Waals surface area (Å²) < 4.78 is 3.81. The van der Waals surface area contributed by atoms with Crippen molar-refractivity contribution < 1.29 is 4.79 Å². The number of hydrogen-bond donors (Lipinski definition) is 1. The van der Waals surface area contributed by atoms with Gasteiger partial charge in [0.2, 0.25) is 5.91 Å². The van der Waals surface area contributed by atoms with Crippen LogP contribution in [0.4, 0.5) is 5.69 Å². The molecule has 8 heteroatoms. The van der Waals surface area contributed by atoms with Gasteiger partial charge in [0.25, 0.3) is 5.56 Å². The van der Waals surface area contributed by atoms with Crippen LogP contribution in [-0.2, 0) is 11.3 Å². The van der Waals surface area contributed by atoms with Crippen LogP contribution in [0.25, 0.3) is 0 Å². The number of thioether (sulfide) groups is 1. The first kappa shape index (κ1) is 19.9. The Morgan fingerprint density at radius 2 is 1.96 bits per heavy atom. The van der Waals surface area contributed by atoms with E-state index in [0.29, 0.717) is 17.6 Å². The number of benzene rings is 1. The van der Waals surface area contributed by atoms with Crippen molar-refractivity contribution in [2.45, 2.75) is 18.9 Å². The van der Waals surface area contributed by atoms with E-state index >= 15 is 0 Å². The third kappa shape index (κ3) is 4.44. The molecule has 1 aromatic carbocycles. The first-order valence-electron chi connectivity index (χ1n) is 9.16. The molecule has 2 atom stereocenters. The number of hydrogen-bond acceptors (Lipinski definition) is 4. The van der Waals surface area contributed by atoms with Crippen molar-refractivity contribution in [2.75, 3.05) is 24.2 Å². The molecule has 1 N–H and O–H groups in total. The van der Waals surface area contributed by atoms with E-state index in [1.54, 1.807) is 6.07 Å². The number of aromatic nitrogens is 1. The molecular weight excluding hydrogens is 505 g/mol. The van der Waals surface area contributed by atoms with Gasteiger partial charge in [-0.25, -0.2) is 0 Å². The molecule has 0 aliphatic carbocycles. The summed E-state index contributed by atoms with van der Waals surface area (Å²) in [6, 6.07) is 13.2. The number of nitrogens with zero attached hydrogens (tertiary/aromatic N) is 2. The molecule has 2 aliphatic heterocycles. The zero-order chi connectivity index (χ0) is 19.7. The van der Waals surface area contributed by atoms with Crippen LogP contribution in [0.3, 0.4) is 0 Å². The Morgan fingerprint density at radius 1 is 1.18 bits per heavy atom. The Balaban J connectivity index is 1.34. The minimum Gasteiger partial charge on any atom is -0.356 e. The molecule has 28 heavy (non-hydrogen) atoms. The highest BCUT2D eigenvalue weighted by Gasteiger charge is 2.35. The maximum Gasteiger partial charge on any atom is 0.250 e. The normalized spacial score (nSPS) is 20.4. The summed E-state index contributed by atoms with van der Waals surface area (Å²) >= 11 is 9.26. The van der Waals surface area contributed by atoms with Gasteiger partial charge < -0.3 is 14.8 Å². The van der Waals surface area contributed by atoms with Crippen LogP contribution < -0.4 is 10.9 Å². The zero-order valence-electron chi connectivity index (χ0n) is 15.1. The number of halogens is 1. The summed E-state index contributed by atoms with van der Waals surface area (Å²) in [5, 5.41) is 2.91. The van der Waals surface area contributed by atoms with E-state index in [2.05, 4.69) is 38.9 Å². The number of likely N-dealkylation sites (tertiary alicyclic amines) is 1. The molecule has 0 unspecified atom stereocenters. The standard InChI is InChI=1S/C20H20IN3O2S2/c21-15-4-6-16(7-5-15)22-18(25)12-28-20(27)23-9-13-8-14(11-23)17-2-1-3-19(26)24(17)10-13/h1-7,13-14H,8-12H2,(H,22,25)/t13-,14+/m0/s1. The zero-order valence-corrected chi connectivity index (χ0v) is 18.9. The van der Waals surface area contributed by atoms with Crippen molar-refractivity contribution in [3.05, 3.63) is 62.1 Å².